The number of hydrogen-bond acceptors (Lipinski definition) is 4. The molecule has 4 aromatic rings. The molecule has 7 heteroatoms. The second-order valence-corrected chi connectivity index (χ2v) is 7.52. The van der Waals surface area contributed by atoms with Crippen molar-refractivity contribution in [1.29, 1.82) is 0 Å². The van der Waals surface area contributed by atoms with Gasteiger partial charge in [0.05, 0.1) is 5.56 Å². The van der Waals surface area contributed by atoms with Crippen molar-refractivity contribution in [2.45, 2.75) is 13.5 Å². The van der Waals surface area contributed by atoms with Crippen molar-refractivity contribution in [3.05, 3.63) is 101 Å². The lowest BCUT2D eigenvalue weighted by Crippen LogP contribution is -2.23. The number of para-hydroxylation sites is 1. The molecule has 1 amide bonds. The number of imidazole rings is 1. The minimum Gasteiger partial charge on any atom is -0.456 e. The lowest BCUT2D eigenvalue weighted by Gasteiger charge is -2.12. The van der Waals surface area contributed by atoms with Crippen LogP contribution in [0.1, 0.15) is 21.7 Å². The van der Waals surface area contributed by atoms with Crippen LogP contribution in [-0.2, 0) is 6.54 Å². The van der Waals surface area contributed by atoms with Gasteiger partial charge in [0.25, 0.3) is 5.91 Å². The Morgan fingerprint density at radius 2 is 1.93 bits per heavy atom. The lowest BCUT2D eigenvalue weighted by atomic mass is 10.1. The number of aryl methyl sites for hydroxylation is 1. The van der Waals surface area contributed by atoms with Crippen molar-refractivity contribution in [2.75, 3.05) is 0 Å². The van der Waals surface area contributed by atoms with Gasteiger partial charge in [-0.2, -0.15) is 0 Å². The van der Waals surface area contributed by atoms with Gasteiger partial charge in [-0.25, -0.2) is 9.97 Å². The second-order valence-electron chi connectivity index (χ2n) is 6.61. The Morgan fingerprint density at radius 1 is 1.07 bits per heavy atom. The number of halogens is 1. The summed E-state index contributed by atoms with van der Waals surface area (Å²) in [6.45, 7) is 2.28. The first kappa shape index (κ1) is 19.8. The third kappa shape index (κ3) is 4.58. The van der Waals surface area contributed by atoms with Crippen LogP contribution in [0.5, 0.6) is 11.5 Å². The third-order valence-electron chi connectivity index (χ3n) is 4.49. The summed E-state index contributed by atoms with van der Waals surface area (Å²) in [7, 11) is 0. The molecule has 4 rings (SSSR count). The molecule has 0 saturated carbocycles. The van der Waals surface area contributed by atoms with E-state index in [-0.39, 0.29) is 5.91 Å². The Bertz CT molecular complexity index is 1190. The summed E-state index contributed by atoms with van der Waals surface area (Å²) >= 11 is 3.43. The van der Waals surface area contributed by atoms with Crippen LogP contribution in [0.2, 0.25) is 0 Å². The normalized spacial score (nSPS) is 10.6. The zero-order chi connectivity index (χ0) is 20.9. The van der Waals surface area contributed by atoms with Crippen LogP contribution in [0, 0.1) is 6.92 Å². The maximum Gasteiger partial charge on any atom is 0.255 e. The fraction of sp³-hybridized carbons (Fsp3) is 0.0870. The van der Waals surface area contributed by atoms with E-state index in [1.54, 1.807) is 24.5 Å². The van der Waals surface area contributed by atoms with Crippen LogP contribution < -0.4 is 10.1 Å². The molecule has 0 unspecified atom stereocenters. The fourth-order valence-corrected chi connectivity index (χ4v) is 3.38. The van der Waals surface area contributed by atoms with Crippen LogP contribution >= 0.6 is 15.9 Å². The van der Waals surface area contributed by atoms with Gasteiger partial charge in [-0.1, -0.05) is 34.1 Å². The molecule has 0 fully saturated rings. The Kier molecular flexibility index (Phi) is 5.90. The average Bonchev–Trinajstić information content (AvgIpc) is 3.18. The third-order valence-corrected chi connectivity index (χ3v) is 4.98. The molecule has 2 aromatic carbocycles. The zero-order valence-electron chi connectivity index (χ0n) is 16.2. The minimum atomic E-state index is -0.210. The molecule has 0 spiro atoms. The van der Waals surface area contributed by atoms with Crippen LogP contribution in [0.4, 0.5) is 0 Å². The number of amides is 1. The van der Waals surface area contributed by atoms with Crippen LogP contribution in [0.25, 0.3) is 5.82 Å². The standard InChI is InChI=1S/C23H19BrN4O2/c1-16-25-11-12-28(16)22-13-17(9-10-26-22)15-27-23(29)20-7-2-3-8-21(20)30-19-6-4-5-18(24)14-19/h2-14H,15H2,1H3,(H,27,29). The molecule has 150 valence electrons. The highest BCUT2D eigenvalue weighted by Crippen LogP contribution is 2.27. The Hall–Kier alpha value is -3.45. The summed E-state index contributed by atoms with van der Waals surface area (Å²) in [4.78, 5) is 21.4. The van der Waals surface area contributed by atoms with Gasteiger partial charge in [0, 0.05) is 29.6 Å². The number of carbonyl (C=O) groups is 1. The van der Waals surface area contributed by atoms with Gasteiger partial charge in [0.1, 0.15) is 23.1 Å². The van der Waals surface area contributed by atoms with Crippen molar-refractivity contribution in [2.24, 2.45) is 0 Å². The van der Waals surface area contributed by atoms with Gasteiger partial charge in [-0.05, 0) is 55.0 Å². The number of rotatable bonds is 6. The molecule has 30 heavy (non-hydrogen) atoms. The maximum absolute atomic E-state index is 12.8. The van der Waals surface area contributed by atoms with Gasteiger partial charge in [-0.3, -0.25) is 9.36 Å². The predicted octanol–water partition coefficient (Wildman–Crippen LogP) is 5.06. The van der Waals surface area contributed by atoms with Gasteiger partial charge >= 0.3 is 0 Å². The van der Waals surface area contributed by atoms with Crippen molar-refractivity contribution in [3.63, 3.8) is 0 Å². The van der Waals surface area contributed by atoms with Gasteiger partial charge in [0.15, 0.2) is 0 Å². The monoisotopic (exact) mass is 462 g/mol. The number of carbonyl (C=O) groups excluding carboxylic acids is 1. The Morgan fingerprint density at radius 3 is 2.73 bits per heavy atom. The van der Waals surface area contributed by atoms with E-state index >= 15 is 0 Å². The number of aromatic nitrogens is 3. The quantitative estimate of drug-likeness (QED) is 0.434. The highest BCUT2D eigenvalue weighted by atomic mass is 79.9. The van der Waals surface area contributed by atoms with Crippen molar-refractivity contribution < 1.29 is 9.53 Å². The number of benzene rings is 2. The summed E-state index contributed by atoms with van der Waals surface area (Å²) in [5, 5.41) is 2.96. The second kappa shape index (κ2) is 8.92. The summed E-state index contributed by atoms with van der Waals surface area (Å²) in [5.74, 6) is 2.55. The number of ether oxygens (including phenoxy) is 1. The zero-order valence-corrected chi connectivity index (χ0v) is 17.8. The largest absolute Gasteiger partial charge is 0.456 e. The number of nitrogens with zero attached hydrogens (tertiary/aromatic N) is 3. The van der Waals surface area contributed by atoms with E-state index in [0.29, 0.717) is 23.6 Å². The van der Waals surface area contributed by atoms with E-state index in [4.69, 9.17) is 4.74 Å². The molecule has 0 atom stereocenters. The Labute approximate surface area is 182 Å². The SMILES string of the molecule is Cc1nccn1-c1cc(CNC(=O)c2ccccc2Oc2cccc(Br)c2)ccn1. The van der Waals surface area contributed by atoms with Crippen molar-refractivity contribution >= 4 is 21.8 Å². The number of hydrogen-bond donors (Lipinski definition) is 1. The molecule has 1 N–H and O–H groups in total. The molecule has 0 bridgehead atoms. The highest BCUT2D eigenvalue weighted by molar-refractivity contribution is 9.10. The van der Waals surface area contributed by atoms with Crippen molar-refractivity contribution in [1.82, 2.24) is 19.9 Å². The van der Waals surface area contributed by atoms with Crippen LogP contribution in [0.15, 0.2) is 83.7 Å². The molecular weight excluding hydrogens is 444 g/mol. The van der Waals surface area contributed by atoms with E-state index in [2.05, 4.69) is 31.2 Å². The molecule has 0 saturated heterocycles. The highest BCUT2D eigenvalue weighted by Gasteiger charge is 2.13. The van der Waals surface area contributed by atoms with E-state index in [9.17, 15) is 4.79 Å². The molecule has 2 aromatic heterocycles. The molecule has 6 nitrogen and oxygen atoms in total. The van der Waals surface area contributed by atoms with Crippen LogP contribution in [0.3, 0.4) is 0 Å². The van der Waals surface area contributed by atoms with Gasteiger partial charge < -0.3 is 10.1 Å². The minimum absolute atomic E-state index is 0.210. The van der Waals surface area contributed by atoms with Gasteiger partial charge in [-0.15, -0.1) is 0 Å². The summed E-state index contributed by atoms with van der Waals surface area (Å²) in [6, 6.07) is 18.5. The number of nitrogens with one attached hydrogen (secondary N) is 1. The first-order chi connectivity index (χ1) is 14.6. The summed E-state index contributed by atoms with van der Waals surface area (Å²) < 4.78 is 8.73. The van der Waals surface area contributed by atoms with E-state index < -0.39 is 0 Å². The molecule has 2 heterocycles. The molecule has 0 aliphatic heterocycles. The van der Waals surface area contributed by atoms with Gasteiger partial charge in [0.2, 0.25) is 0 Å². The summed E-state index contributed by atoms with van der Waals surface area (Å²) in [6.07, 6.45) is 5.31. The number of pyridine rings is 1. The first-order valence-corrected chi connectivity index (χ1v) is 10.2. The molecule has 0 aliphatic carbocycles. The predicted molar refractivity (Wildman–Crippen MR) is 118 cm³/mol. The smallest absolute Gasteiger partial charge is 0.255 e. The fourth-order valence-electron chi connectivity index (χ4n) is 3.00. The van der Waals surface area contributed by atoms with E-state index in [1.807, 2.05) is 66.2 Å². The van der Waals surface area contributed by atoms with Crippen molar-refractivity contribution in [3.8, 4) is 17.3 Å². The maximum atomic E-state index is 12.8. The molecule has 0 aliphatic rings. The van der Waals surface area contributed by atoms with E-state index in [0.717, 1.165) is 21.7 Å². The Balaban J connectivity index is 1.48. The van der Waals surface area contributed by atoms with E-state index in [1.165, 1.54) is 0 Å². The molecule has 0 radical (unpaired) electrons. The average molecular weight is 463 g/mol. The van der Waals surface area contributed by atoms with Crippen LogP contribution in [-0.4, -0.2) is 20.4 Å². The molecular formula is C23H19BrN4O2. The topological polar surface area (TPSA) is 69.0 Å². The summed E-state index contributed by atoms with van der Waals surface area (Å²) in [5.41, 5.74) is 1.41. The first-order valence-electron chi connectivity index (χ1n) is 9.36. The lowest BCUT2D eigenvalue weighted by molar-refractivity contribution is 0.0948.